The number of rotatable bonds is 3. The maximum absolute atomic E-state index is 12.4. The second-order valence-corrected chi connectivity index (χ2v) is 4.44. The number of benzene rings is 1. The Kier molecular flexibility index (Phi) is 3.61. The van der Waals surface area contributed by atoms with Gasteiger partial charge in [0.05, 0.1) is 6.54 Å². The van der Waals surface area contributed by atoms with Gasteiger partial charge in [0.25, 0.3) is 0 Å². The van der Waals surface area contributed by atoms with Gasteiger partial charge >= 0.3 is 6.18 Å². The molecule has 1 aromatic carbocycles. The molecule has 1 aromatic heterocycles. The van der Waals surface area contributed by atoms with Crippen molar-refractivity contribution in [3.63, 3.8) is 0 Å². The summed E-state index contributed by atoms with van der Waals surface area (Å²) in [5.74, 6) is 0. The van der Waals surface area contributed by atoms with Gasteiger partial charge in [0.15, 0.2) is 5.69 Å². The summed E-state index contributed by atoms with van der Waals surface area (Å²) < 4.78 is 38.4. The summed E-state index contributed by atoms with van der Waals surface area (Å²) in [5, 5.41) is 3.48. The minimum Gasteiger partial charge on any atom is -0.322 e. The van der Waals surface area contributed by atoms with E-state index >= 15 is 0 Å². The number of halogens is 3. The molecule has 0 spiro atoms. The van der Waals surface area contributed by atoms with Gasteiger partial charge in [0.1, 0.15) is 0 Å². The van der Waals surface area contributed by atoms with E-state index in [-0.39, 0.29) is 12.6 Å². The lowest BCUT2D eigenvalue weighted by Gasteiger charge is -2.12. The minimum absolute atomic E-state index is 0.207. The first-order valence-corrected chi connectivity index (χ1v) is 5.79. The Balaban J connectivity index is 2.08. The predicted molar refractivity (Wildman–Crippen MR) is 65.3 cm³/mol. The molecule has 0 aliphatic rings. The predicted octanol–water partition coefficient (Wildman–Crippen LogP) is 2.91. The Bertz CT molecular complexity index is 543. The van der Waals surface area contributed by atoms with Crippen molar-refractivity contribution in [1.29, 1.82) is 0 Å². The molecule has 102 valence electrons. The van der Waals surface area contributed by atoms with Crippen LogP contribution in [0.3, 0.4) is 0 Å². The summed E-state index contributed by atoms with van der Waals surface area (Å²) in [6.07, 6.45) is -3.13. The van der Waals surface area contributed by atoms with Crippen LogP contribution in [-0.4, -0.2) is 9.78 Å². The highest BCUT2D eigenvalue weighted by Gasteiger charge is 2.33. The monoisotopic (exact) mass is 269 g/mol. The number of nitrogens with two attached hydrogens (primary N) is 1. The fraction of sp³-hybridized carbons (Fsp3) is 0.308. The molecule has 3 nitrogen and oxygen atoms in total. The van der Waals surface area contributed by atoms with E-state index in [0.717, 1.165) is 17.2 Å². The van der Waals surface area contributed by atoms with Crippen molar-refractivity contribution < 1.29 is 13.2 Å². The van der Waals surface area contributed by atoms with Gasteiger partial charge < -0.3 is 5.73 Å². The Morgan fingerprint density at radius 1 is 1.21 bits per heavy atom. The second kappa shape index (κ2) is 5.05. The second-order valence-electron chi connectivity index (χ2n) is 4.44. The van der Waals surface area contributed by atoms with Crippen molar-refractivity contribution in [2.24, 2.45) is 5.73 Å². The molecule has 0 aliphatic carbocycles. The third-order valence-corrected chi connectivity index (χ3v) is 2.82. The normalized spacial score (nSPS) is 13.5. The summed E-state index contributed by atoms with van der Waals surface area (Å²) in [4.78, 5) is 0. The largest absolute Gasteiger partial charge is 0.435 e. The Hall–Kier alpha value is -1.82. The van der Waals surface area contributed by atoms with Gasteiger partial charge in [0, 0.05) is 12.2 Å². The Morgan fingerprint density at radius 2 is 1.84 bits per heavy atom. The van der Waals surface area contributed by atoms with Crippen molar-refractivity contribution >= 4 is 0 Å². The highest BCUT2D eigenvalue weighted by molar-refractivity contribution is 5.23. The van der Waals surface area contributed by atoms with E-state index in [1.807, 2.05) is 31.2 Å². The van der Waals surface area contributed by atoms with Crippen LogP contribution in [0.1, 0.15) is 22.9 Å². The first kappa shape index (κ1) is 13.6. The van der Waals surface area contributed by atoms with Crippen molar-refractivity contribution in [3.05, 3.63) is 53.3 Å². The fourth-order valence-corrected chi connectivity index (χ4v) is 1.74. The molecule has 2 N–H and O–H groups in total. The molecule has 0 aliphatic heterocycles. The van der Waals surface area contributed by atoms with Crippen molar-refractivity contribution in [1.82, 2.24) is 9.78 Å². The van der Waals surface area contributed by atoms with Gasteiger partial charge in [0.2, 0.25) is 0 Å². The van der Waals surface area contributed by atoms with E-state index in [0.29, 0.717) is 0 Å². The van der Waals surface area contributed by atoms with Gasteiger partial charge in [-0.15, -0.1) is 0 Å². The first-order chi connectivity index (χ1) is 8.86. The van der Waals surface area contributed by atoms with Crippen molar-refractivity contribution in [2.45, 2.75) is 25.7 Å². The molecule has 1 heterocycles. The SMILES string of the molecule is Cc1ccc(C(N)Cn2ccc(C(F)(F)F)n2)cc1. The molecule has 1 unspecified atom stereocenters. The maximum atomic E-state index is 12.4. The van der Waals surface area contributed by atoms with Crippen LogP contribution in [0, 0.1) is 6.92 Å². The number of aryl methyl sites for hydroxylation is 1. The van der Waals surface area contributed by atoms with E-state index in [1.165, 1.54) is 10.9 Å². The maximum Gasteiger partial charge on any atom is 0.435 e. The van der Waals surface area contributed by atoms with Crippen LogP contribution in [0.2, 0.25) is 0 Å². The van der Waals surface area contributed by atoms with Crippen molar-refractivity contribution in [3.8, 4) is 0 Å². The molecule has 0 bridgehead atoms. The van der Waals surface area contributed by atoms with Crippen molar-refractivity contribution in [2.75, 3.05) is 0 Å². The number of hydrogen-bond acceptors (Lipinski definition) is 2. The lowest BCUT2D eigenvalue weighted by molar-refractivity contribution is -0.141. The van der Waals surface area contributed by atoms with Gasteiger partial charge in [-0.25, -0.2) is 0 Å². The number of alkyl halides is 3. The standard InChI is InChI=1S/C13H14F3N3/c1-9-2-4-10(5-3-9)11(17)8-19-7-6-12(18-19)13(14,15)16/h2-7,11H,8,17H2,1H3. The highest BCUT2D eigenvalue weighted by atomic mass is 19.4. The van der Waals surface area contributed by atoms with E-state index in [4.69, 9.17) is 5.73 Å². The van der Waals surface area contributed by atoms with E-state index in [1.54, 1.807) is 0 Å². The molecule has 0 saturated heterocycles. The topological polar surface area (TPSA) is 43.8 Å². The molecule has 2 rings (SSSR count). The summed E-state index contributed by atoms with van der Waals surface area (Å²) in [6.45, 7) is 2.16. The summed E-state index contributed by atoms with van der Waals surface area (Å²) in [6, 6.07) is 8.13. The zero-order valence-corrected chi connectivity index (χ0v) is 10.4. The quantitative estimate of drug-likeness (QED) is 0.931. The zero-order valence-electron chi connectivity index (χ0n) is 10.4. The third-order valence-electron chi connectivity index (χ3n) is 2.82. The number of nitrogens with zero attached hydrogens (tertiary/aromatic N) is 2. The van der Waals surface area contributed by atoms with E-state index in [9.17, 15) is 13.2 Å². The molecule has 0 fully saturated rings. The molecule has 2 aromatic rings. The third kappa shape index (κ3) is 3.35. The van der Waals surface area contributed by atoms with Crippen LogP contribution in [0.15, 0.2) is 36.5 Å². The van der Waals surface area contributed by atoms with Crippen LogP contribution in [0.4, 0.5) is 13.2 Å². The summed E-state index contributed by atoms with van der Waals surface area (Å²) in [5.41, 5.74) is 7.03. The molecule has 1 atom stereocenters. The lowest BCUT2D eigenvalue weighted by atomic mass is 10.1. The van der Waals surface area contributed by atoms with Crippen LogP contribution in [0.5, 0.6) is 0 Å². The minimum atomic E-state index is -4.42. The molecule has 0 amide bonds. The Morgan fingerprint density at radius 3 is 2.37 bits per heavy atom. The molecular weight excluding hydrogens is 255 g/mol. The highest BCUT2D eigenvalue weighted by Crippen LogP contribution is 2.27. The van der Waals surface area contributed by atoms with E-state index < -0.39 is 11.9 Å². The van der Waals surface area contributed by atoms with Crippen LogP contribution >= 0.6 is 0 Å². The van der Waals surface area contributed by atoms with Gasteiger partial charge in [-0.2, -0.15) is 18.3 Å². The van der Waals surface area contributed by atoms with Gasteiger partial charge in [-0.05, 0) is 18.6 Å². The van der Waals surface area contributed by atoms with Crippen LogP contribution in [-0.2, 0) is 12.7 Å². The molecule has 6 heteroatoms. The average Bonchev–Trinajstić information content (AvgIpc) is 2.78. The van der Waals surface area contributed by atoms with E-state index in [2.05, 4.69) is 5.10 Å². The molecule has 19 heavy (non-hydrogen) atoms. The smallest absolute Gasteiger partial charge is 0.322 e. The van der Waals surface area contributed by atoms with Gasteiger partial charge in [-0.1, -0.05) is 29.8 Å². The zero-order chi connectivity index (χ0) is 14.0. The molecule has 0 radical (unpaired) electrons. The number of hydrogen-bond donors (Lipinski definition) is 1. The fourth-order valence-electron chi connectivity index (χ4n) is 1.74. The van der Waals surface area contributed by atoms with Crippen LogP contribution in [0.25, 0.3) is 0 Å². The number of aromatic nitrogens is 2. The molecule has 0 saturated carbocycles. The lowest BCUT2D eigenvalue weighted by Crippen LogP contribution is -2.18. The Labute approximate surface area is 108 Å². The summed E-state index contributed by atoms with van der Waals surface area (Å²) >= 11 is 0. The van der Waals surface area contributed by atoms with Crippen LogP contribution < -0.4 is 5.73 Å². The van der Waals surface area contributed by atoms with Gasteiger partial charge in [-0.3, -0.25) is 4.68 Å². The average molecular weight is 269 g/mol. The molecular formula is C13H14F3N3. The first-order valence-electron chi connectivity index (χ1n) is 5.79. The summed E-state index contributed by atoms with van der Waals surface area (Å²) in [7, 11) is 0.